The number of fused-ring (bicyclic) bond motifs is 1. The van der Waals surface area contributed by atoms with Crippen LogP contribution in [0.25, 0.3) is 0 Å². The first-order valence-corrected chi connectivity index (χ1v) is 11.2. The Bertz CT molecular complexity index is 419. The van der Waals surface area contributed by atoms with Crippen molar-refractivity contribution in [2.24, 2.45) is 5.92 Å². The van der Waals surface area contributed by atoms with Crippen molar-refractivity contribution in [2.75, 3.05) is 13.2 Å². The van der Waals surface area contributed by atoms with Gasteiger partial charge in [-0.2, -0.15) is 0 Å². The Morgan fingerprint density at radius 2 is 2.14 bits per heavy atom. The van der Waals surface area contributed by atoms with E-state index in [-0.39, 0.29) is 10.6 Å². The Labute approximate surface area is 131 Å². The molecule has 0 bridgehead atoms. The summed E-state index contributed by atoms with van der Waals surface area (Å²) >= 11 is 0. The quantitative estimate of drug-likeness (QED) is 0.371. The summed E-state index contributed by atoms with van der Waals surface area (Å²) in [6.45, 7) is 16.9. The third-order valence-electron chi connectivity index (χ3n) is 5.58. The summed E-state index contributed by atoms with van der Waals surface area (Å²) in [5.74, 6) is 0.629. The minimum Gasteiger partial charge on any atom is -0.407 e. The van der Waals surface area contributed by atoms with Crippen molar-refractivity contribution in [1.29, 1.82) is 0 Å². The van der Waals surface area contributed by atoms with Crippen LogP contribution in [0.2, 0.25) is 18.1 Å². The minimum atomic E-state index is -1.74. The molecule has 0 unspecified atom stereocenters. The molecule has 2 aliphatic rings. The van der Waals surface area contributed by atoms with Gasteiger partial charge < -0.3 is 9.16 Å². The summed E-state index contributed by atoms with van der Waals surface area (Å²) in [5, 5.41) is 0.263. The van der Waals surface area contributed by atoms with Gasteiger partial charge >= 0.3 is 0 Å². The second-order valence-corrected chi connectivity index (χ2v) is 12.8. The van der Waals surface area contributed by atoms with E-state index in [0.29, 0.717) is 5.92 Å². The lowest BCUT2D eigenvalue weighted by molar-refractivity contribution is 0.0220. The van der Waals surface area contributed by atoms with Crippen molar-refractivity contribution in [2.45, 2.75) is 70.2 Å². The highest BCUT2D eigenvalue weighted by atomic mass is 28.4. The molecule has 0 aromatic carbocycles. The van der Waals surface area contributed by atoms with Gasteiger partial charge in [-0.15, -0.1) is 6.58 Å². The minimum absolute atomic E-state index is 0.0111. The predicted octanol–water partition coefficient (Wildman–Crippen LogP) is 5.08. The highest BCUT2D eigenvalue weighted by Crippen LogP contribution is 2.55. The summed E-state index contributed by atoms with van der Waals surface area (Å²) in [7, 11) is -1.74. The van der Waals surface area contributed by atoms with Gasteiger partial charge in [0.05, 0.1) is 18.8 Å². The molecule has 2 rings (SSSR count). The maximum atomic E-state index is 6.89. The Morgan fingerprint density at radius 3 is 2.71 bits per heavy atom. The van der Waals surface area contributed by atoms with Gasteiger partial charge in [-0.25, -0.2) is 0 Å². The van der Waals surface area contributed by atoms with Crippen LogP contribution < -0.4 is 0 Å². The molecule has 0 saturated heterocycles. The van der Waals surface area contributed by atoms with Crippen molar-refractivity contribution in [3.05, 3.63) is 24.3 Å². The van der Waals surface area contributed by atoms with Crippen LogP contribution in [0.4, 0.5) is 0 Å². The second kappa shape index (κ2) is 6.02. The number of ether oxygens (including phenoxy) is 1. The highest BCUT2D eigenvalue weighted by Gasteiger charge is 2.56. The maximum absolute atomic E-state index is 6.89. The summed E-state index contributed by atoms with van der Waals surface area (Å²) in [5.41, 5.74) is 1.41. The van der Waals surface area contributed by atoms with Crippen molar-refractivity contribution >= 4 is 8.32 Å². The van der Waals surface area contributed by atoms with E-state index in [4.69, 9.17) is 9.16 Å². The van der Waals surface area contributed by atoms with Gasteiger partial charge in [-0.05, 0) is 49.4 Å². The van der Waals surface area contributed by atoms with Crippen LogP contribution in [-0.2, 0) is 9.16 Å². The van der Waals surface area contributed by atoms with Gasteiger partial charge in [-0.3, -0.25) is 0 Å². The Hall–Kier alpha value is -0.383. The van der Waals surface area contributed by atoms with Gasteiger partial charge in [-0.1, -0.05) is 32.9 Å². The molecular formula is C18H32O2Si. The third kappa shape index (κ3) is 3.20. The van der Waals surface area contributed by atoms with Gasteiger partial charge in [0.25, 0.3) is 0 Å². The smallest absolute Gasteiger partial charge is 0.193 e. The molecule has 21 heavy (non-hydrogen) atoms. The normalized spacial score (nSPS) is 28.8. The molecular weight excluding hydrogens is 276 g/mol. The van der Waals surface area contributed by atoms with Gasteiger partial charge in [0, 0.05) is 5.92 Å². The van der Waals surface area contributed by atoms with Crippen molar-refractivity contribution in [3.63, 3.8) is 0 Å². The molecule has 0 aromatic rings. The Morgan fingerprint density at radius 1 is 1.43 bits per heavy atom. The van der Waals surface area contributed by atoms with Gasteiger partial charge in [0.2, 0.25) is 0 Å². The molecule has 0 radical (unpaired) electrons. The molecule has 2 atom stereocenters. The van der Waals surface area contributed by atoms with E-state index in [0.717, 1.165) is 19.6 Å². The average molecular weight is 309 g/mol. The molecule has 0 spiro atoms. The lowest BCUT2D eigenvalue weighted by atomic mass is 9.73. The first-order valence-electron chi connectivity index (χ1n) is 8.33. The first-order chi connectivity index (χ1) is 9.73. The van der Waals surface area contributed by atoms with E-state index in [2.05, 4.69) is 46.5 Å². The molecule has 1 fully saturated rings. The van der Waals surface area contributed by atoms with E-state index in [9.17, 15) is 0 Å². The van der Waals surface area contributed by atoms with Crippen LogP contribution in [0.5, 0.6) is 0 Å². The van der Waals surface area contributed by atoms with Crippen LogP contribution in [0.3, 0.4) is 0 Å². The molecule has 2 nitrogen and oxygen atoms in total. The van der Waals surface area contributed by atoms with E-state index in [1.807, 2.05) is 6.08 Å². The maximum Gasteiger partial charge on any atom is 0.193 e. The fourth-order valence-electron chi connectivity index (χ4n) is 3.23. The van der Waals surface area contributed by atoms with Crippen LogP contribution in [-0.4, -0.2) is 27.1 Å². The highest BCUT2D eigenvalue weighted by molar-refractivity contribution is 6.74. The molecule has 0 N–H and O–H groups in total. The molecule has 2 aliphatic carbocycles. The lowest BCUT2D eigenvalue weighted by Gasteiger charge is -2.51. The third-order valence-corrected chi connectivity index (χ3v) is 10.1. The van der Waals surface area contributed by atoms with E-state index >= 15 is 0 Å². The second-order valence-electron chi connectivity index (χ2n) is 8.07. The molecule has 3 heteroatoms. The average Bonchev–Trinajstić information content (AvgIpc) is 2.66. The topological polar surface area (TPSA) is 18.5 Å². The van der Waals surface area contributed by atoms with Gasteiger partial charge in [0.15, 0.2) is 8.32 Å². The zero-order chi connectivity index (χ0) is 15.7. The largest absolute Gasteiger partial charge is 0.407 e. The number of hydrogen-bond donors (Lipinski definition) is 0. The van der Waals surface area contributed by atoms with Crippen molar-refractivity contribution in [1.82, 2.24) is 0 Å². The Balaban J connectivity index is 2.04. The standard InChI is InChI=1S/C18H32O2Si/c1-7-8-12-19-14-16-13-15-10-9-11-18(15,16)20-21(5,6)17(2,3)4/h7,13,15H,1,8-12,14H2,2-6H3/t15-,18+/m1/s1. The van der Waals surface area contributed by atoms with E-state index < -0.39 is 8.32 Å². The number of rotatable bonds is 7. The number of hydrogen-bond acceptors (Lipinski definition) is 2. The first kappa shape index (κ1) is 17.0. The molecule has 0 aromatic heterocycles. The summed E-state index contributed by atoms with van der Waals surface area (Å²) < 4.78 is 12.7. The van der Waals surface area contributed by atoms with Crippen molar-refractivity contribution in [3.8, 4) is 0 Å². The zero-order valence-electron chi connectivity index (χ0n) is 14.5. The van der Waals surface area contributed by atoms with Gasteiger partial charge in [0.1, 0.15) is 0 Å². The lowest BCUT2D eigenvalue weighted by Crippen LogP contribution is -2.56. The fourth-order valence-corrected chi connectivity index (χ4v) is 4.83. The summed E-state index contributed by atoms with van der Waals surface area (Å²) in [6.07, 6.45) is 8.99. The Kier molecular flexibility index (Phi) is 4.86. The van der Waals surface area contributed by atoms with Crippen LogP contribution >= 0.6 is 0 Å². The summed E-state index contributed by atoms with van der Waals surface area (Å²) in [6, 6.07) is 0. The molecule has 1 saturated carbocycles. The predicted molar refractivity (Wildman–Crippen MR) is 92.1 cm³/mol. The van der Waals surface area contributed by atoms with Crippen LogP contribution in [0.1, 0.15) is 46.5 Å². The fraction of sp³-hybridized carbons (Fsp3) is 0.778. The summed E-state index contributed by atoms with van der Waals surface area (Å²) in [4.78, 5) is 0. The van der Waals surface area contributed by atoms with Crippen molar-refractivity contribution < 1.29 is 9.16 Å². The monoisotopic (exact) mass is 308 g/mol. The van der Waals surface area contributed by atoms with Crippen LogP contribution in [0.15, 0.2) is 24.3 Å². The molecule has 120 valence electrons. The van der Waals surface area contributed by atoms with E-state index in [1.165, 1.54) is 24.8 Å². The molecule has 0 aliphatic heterocycles. The zero-order valence-corrected chi connectivity index (χ0v) is 15.5. The molecule has 0 heterocycles. The molecule has 0 amide bonds. The SMILES string of the molecule is C=CCCOCC1=C[C@H]2CCC[C@@]12O[Si](C)(C)C(C)(C)C. The van der Waals surface area contributed by atoms with Crippen LogP contribution in [0, 0.1) is 5.92 Å². The van der Waals surface area contributed by atoms with E-state index in [1.54, 1.807) is 0 Å².